The van der Waals surface area contributed by atoms with E-state index in [-0.39, 0.29) is 5.91 Å². The van der Waals surface area contributed by atoms with Crippen molar-refractivity contribution in [3.63, 3.8) is 0 Å². The molecule has 0 fully saturated rings. The van der Waals surface area contributed by atoms with Crippen LogP contribution < -0.4 is 5.32 Å². The van der Waals surface area contributed by atoms with E-state index in [1.54, 1.807) is 12.1 Å². The molecule has 26 heavy (non-hydrogen) atoms. The Bertz CT molecular complexity index is 921. The number of aromatic amines is 1. The first-order chi connectivity index (χ1) is 12.6. The van der Waals surface area contributed by atoms with Crippen molar-refractivity contribution >= 4 is 29.1 Å². The number of aryl methyl sites for hydroxylation is 1. The molecule has 0 atom stereocenters. The van der Waals surface area contributed by atoms with E-state index in [1.165, 1.54) is 0 Å². The van der Waals surface area contributed by atoms with Crippen molar-refractivity contribution in [1.82, 2.24) is 15.5 Å². The van der Waals surface area contributed by atoms with E-state index in [0.717, 1.165) is 28.9 Å². The number of halogens is 2. The highest BCUT2D eigenvalue weighted by atomic mass is 35.5. The van der Waals surface area contributed by atoms with Gasteiger partial charge >= 0.3 is 0 Å². The SMILES string of the molecule is CCc1cc(-c2ccc(Cl)c(C(=O)NCCc3ccccc3Cl)c2)n[nH]1. The van der Waals surface area contributed by atoms with E-state index in [1.807, 2.05) is 36.4 Å². The van der Waals surface area contributed by atoms with E-state index in [0.29, 0.717) is 28.6 Å². The average Bonchev–Trinajstić information content (AvgIpc) is 3.13. The van der Waals surface area contributed by atoms with Gasteiger partial charge in [0.25, 0.3) is 5.91 Å². The lowest BCUT2D eigenvalue weighted by Gasteiger charge is -2.09. The number of carbonyl (C=O) groups excluding carboxylic acids is 1. The van der Waals surface area contributed by atoms with Gasteiger partial charge in [0, 0.05) is 22.8 Å². The summed E-state index contributed by atoms with van der Waals surface area (Å²) < 4.78 is 0. The first-order valence-electron chi connectivity index (χ1n) is 8.44. The van der Waals surface area contributed by atoms with Crippen LogP contribution in [0.4, 0.5) is 0 Å². The molecule has 4 nitrogen and oxygen atoms in total. The summed E-state index contributed by atoms with van der Waals surface area (Å²) in [6, 6.07) is 14.9. The molecule has 0 bridgehead atoms. The molecule has 1 heterocycles. The standard InChI is InChI=1S/C20H19Cl2N3O/c1-2-15-12-19(25-24-15)14-7-8-18(22)16(11-14)20(26)23-10-9-13-5-3-4-6-17(13)21/h3-8,11-12H,2,9-10H2,1H3,(H,23,26)(H,24,25). The monoisotopic (exact) mass is 387 g/mol. The Morgan fingerprint density at radius 3 is 2.65 bits per heavy atom. The van der Waals surface area contributed by atoms with Crippen LogP contribution in [0.2, 0.25) is 10.0 Å². The number of carbonyl (C=O) groups is 1. The van der Waals surface area contributed by atoms with Crippen molar-refractivity contribution in [2.75, 3.05) is 6.54 Å². The van der Waals surface area contributed by atoms with E-state index in [2.05, 4.69) is 22.4 Å². The van der Waals surface area contributed by atoms with Gasteiger partial charge in [0.1, 0.15) is 0 Å². The van der Waals surface area contributed by atoms with Gasteiger partial charge in [-0.05, 0) is 42.7 Å². The number of rotatable bonds is 6. The van der Waals surface area contributed by atoms with Crippen LogP contribution in [0.25, 0.3) is 11.3 Å². The highest BCUT2D eigenvalue weighted by Gasteiger charge is 2.13. The quantitative estimate of drug-likeness (QED) is 0.630. The van der Waals surface area contributed by atoms with Crippen molar-refractivity contribution in [2.24, 2.45) is 0 Å². The predicted octanol–water partition coefficient (Wildman–Crippen LogP) is 4.92. The van der Waals surface area contributed by atoms with Crippen LogP contribution >= 0.6 is 23.2 Å². The van der Waals surface area contributed by atoms with Crippen LogP contribution in [0.1, 0.15) is 28.5 Å². The number of nitrogens with one attached hydrogen (secondary N) is 2. The number of amides is 1. The zero-order valence-electron chi connectivity index (χ0n) is 14.4. The fraction of sp³-hybridized carbons (Fsp3) is 0.200. The number of benzene rings is 2. The van der Waals surface area contributed by atoms with Gasteiger partial charge in [0.05, 0.1) is 16.3 Å². The first kappa shape index (κ1) is 18.5. The molecular formula is C20H19Cl2N3O. The van der Waals surface area contributed by atoms with Gasteiger partial charge in [-0.25, -0.2) is 0 Å². The maximum Gasteiger partial charge on any atom is 0.252 e. The highest BCUT2D eigenvalue weighted by Crippen LogP contribution is 2.24. The van der Waals surface area contributed by atoms with Crippen molar-refractivity contribution in [1.29, 1.82) is 0 Å². The molecule has 0 unspecified atom stereocenters. The molecule has 2 aromatic carbocycles. The summed E-state index contributed by atoms with van der Waals surface area (Å²) in [4.78, 5) is 12.5. The van der Waals surface area contributed by atoms with Gasteiger partial charge in [-0.2, -0.15) is 5.10 Å². The molecule has 0 radical (unpaired) electrons. The van der Waals surface area contributed by atoms with Crippen molar-refractivity contribution < 1.29 is 4.79 Å². The number of aromatic nitrogens is 2. The van der Waals surface area contributed by atoms with Gasteiger partial charge in [0.15, 0.2) is 0 Å². The Balaban J connectivity index is 1.70. The molecule has 0 aliphatic carbocycles. The van der Waals surface area contributed by atoms with Crippen LogP contribution in [0.15, 0.2) is 48.5 Å². The summed E-state index contributed by atoms with van der Waals surface area (Å²) in [5, 5.41) is 11.3. The second kappa shape index (κ2) is 8.39. The summed E-state index contributed by atoms with van der Waals surface area (Å²) in [7, 11) is 0. The smallest absolute Gasteiger partial charge is 0.252 e. The van der Waals surface area contributed by atoms with Gasteiger partial charge < -0.3 is 5.32 Å². The molecule has 0 spiro atoms. The van der Waals surface area contributed by atoms with Gasteiger partial charge in [0.2, 0.25) is 0 Å². The zero-order valence-corrected chi connectivity index (χ0v) is 15.9. The Labute approximate surface area is 162 Å². The lowest BCUT2D eigenvalue weighted by molar-refractivity contribution is 0.0954. The number of nitrogens with zero attached hydrogens (tertiary/aromatic N) is 1. The molecule has 1 aromatic heterocycles. The maximum absolute atomic E-state index is 12.5. The lowest BCUT2D eigenvalue weighted by atomic mass is 10.1. The van der Waals surface area contributed by atoms with Crippen LogP contribution in [0, 0.1) is 0 Å². The second-order valence-electron chi connectivity index (χ2n) is 5.92. The van der Waals surface area contributed by atoms with Crippen LogP contribution in [0.5, 0.6) is 0 Å². The third-order valence-corrected chi connectivity index (χ3v) is 4.85. The summed E-state index contributed by atoms with van der Waals surface area (Å²) in [6.07, 6.45) is 1.53. The van der Waals surface area contributed by atoms with E-state index in [4.69, 9.17) is 23.2 Å². The van der Waals surface area contributed by atoms with Crippen LogP contribution in [0.3, 0.4) is 0 Å². The molecule has 6 heteroatoms. The van der Waals surface area contributed by atoms with Crippen LogP contribution in [-0.2, 0) is 12.8 Å². The largest absolute Gasteiger partial charge is 0.352 e. The number of H-pyrrole nitrogens is 1. The van der Waals surface area contributed by atoms with Crippen molar-refractivity contribution in [3.8, 4) is 11.3 Å². The molecule has 1 amide bonds. The molecule has 0 saturated heterocycles. The van der Waals surface area contributed by atoms with E-state index >= 15 is 0 Å². The minimum atomic E-state index is -0.213. The highest BCUT2D eigenvalue weighted by molar-refractivity contribution is 6.34. The molecule has 0 aliphatic heterocycles. The Hall–Kier alpha value is -2.30. The summed E-state index contributed by atoms with van der Waals surface area (Å²) in [5.41, 5.74) is 4.12. The van der Waals surface area contributed by atoms with Gasteiger partial charge in [-0.15, -0.1) is 0 Å². The van der Waals surface area contributed by atoms with Gasteiger partial charge in [-0.1, -0.05) is 54.4 Å². The Morgan fingerprint density at radius 2 is 1.92 bits per heavy atom. The summed E-state index contributed by atoms with van der Waals surface area (Å²) >= 11 is 12.4. The molecule has 0 saturated carbocycles. The second-order valence-corrected chi connectivity index (χ2v) is 6.74. The Kier molecular flexibility index (Phi) is 5.96. The molecule has 134 valence electrons. The number of hydrogen-bond donors (Lipinski definition) is 2. The minimum absolute atomic E-state index is 0.213. The van der Waals surface area contributed by atoms with E-state index in [9.17, 15) is 4.79 Å². The maximum atomic E-state index is 12.5. The fourth-order valence-electron chi connectivity index (χ4n) is 2.66. The fourth-order valence-corrected chi connectivity index (χ4v) is 3.09. The third-order valence-electron chi connectivity index (χ3n) is 4.16. The third kappa shape index (κ3) is 4.26. The first-order valence-corrected chi connectivity index (χ1v) is 9.20. The normalized spacial score (nSPS) is 10.7. The summed E-state index contributed by atoms with van der Waals surface area (Å²) in [6.45, 7) is 2.53. The van der Waals surface area contributed by atoms with Crippen molar-refractivity contribution in [2.45, 2.75) is 19.8 Å². The molecule has 0 aliphatic rings. The van der Waals surface area contributed by atoms with E-state index < -0.39 is 0 Å². The molecule has 2 N–H and O–H groups in total. The minimum Gasteiger partial charge on any atom is -0.352 e. The molecular weight excluding hydrogens is 369 g/mol. The topological polar surface area (TPSA) is 57.8 Å². The van der Waals surface area contributed by atoms with Crippen LogP contribution in [-0.4, -0.2) is 22.6 Å². The summed E-state index contributed by atoms with van der Waals surface area (Å²) in [5.74, 6) is -0.213. The predicted molar refractivity (Wildman–Crippen MR) is 106 cm³/mol. The number of hydrogen-bond acceptors (Lipinski definition) is 2. The average molecular weight is 388 g/mol. The van der Waals surface area contributed by atoms with Crippen molar-refractivity contribution in [3.05, 3.63) is 75.4 Å². The molecule has 3 rings (SSSR count). The van der Waals surface area contributed by atoms with Gasteiger partial charge in [-0.3, -0.25) is 9.89 Å². The molecule has 3 aromatic rings. The zero-order chi connectivity index (χ0) is 18.5. The lowest BCUT2D eigenvalue weighted by Crippen LogP contribution is -2.26. The Morgan fingerprint density at radius 1 is 1.12 bits per heavy atom.